The number of anilines is 1. The van der Waals surface area contributed by atoms with Gasteiger partial charge in [-0.1, -0.05) is 0 Å². The van der Waals surface area contributed by atoms with Gasteiger partial charge in [-0.25, -0.2) is 14.6 Å². The van der Waals surface area contributed by atoms with Crippen molar-refractivity contribution in [3.05, 3.63) is 27.9 Å². The van der Waals surface area contributed by atoms with Gasteiger partial charge in [-0.15, -0.1) is 0 Å². The second-order valence-electron chi connectivity index (χ2n) is 7.45. The van der Waals surface area contributed by atoms with Gasteiger partial charge in [0, 0.05) is 19.2 Å². The van der Waals surface area contributed by atoms with E-state index >= 15 is 0 Å². The van der Waals surface area contributed by atoms with E-state index in [-0.39, 0.29) is 18.2 Å². The number of hydrogen-bond acceptors (Lipinski definition) is 7. The van der Waals surface area contributed by atoms with Gasteiger partial charge in [-0.05, 0) is 27.2 Å². The van der Waals surface area contributed by atoms with E-state index < -0.39 is 27.7 Å². The van der Waals surface area contributed by atoms with Crippen LogP contribution in [0.4, 0.5) is 16.3 Å². The Bertz CT molecular complexity index is 774. The monoisotopic (exact) mass is 364 g/mol. The number of amides is 1. The van der Waals surface area contributed by atoms with Crippen molar-refractivity contribution in [2.24, 2.45) is 0 Å². The van der Waals surface area contributed by atoms with Crippen LogP contribution in [0.5, 0.6) is 0 Å². The highest BCUT2D eigenvalue weighted by Gasteiger charge is 2.47. The Morgan fingerprint density at radius 2 is 2.04 bits per heavy atom. The van der Waals surface area contributed by atoms with Gasteiger partial charge < -0.3 is 19.6 Å². The van der Waals surface area contributed by atoms with Gasteiger partial charge in [-0.2, -0.15) is 0 Å². The normalized spacial score (nSPS) is 21.8. The van der Waals surface area contributed by atoms with Crippen molar-refractivity contribution < 1.29 is 24.4 Å². The lowest BCUT2D eigenvalue weighted by Gasteiger charge is -2.35. The molecular formula is C16H20N4O6. The number of carboxylic acid groups (broad SMARTS) is 1. The number of aromatic carboxylic acids is 1. The molecule has 3 heterocycles. The average Bonchev–Trinajstić information content (AvgIpc) is 3.12. The Labute approximate surface area is 149 Å². The number of nitro groups is 1. The van der Waals surface area contributed by atoms with Crippen molar-refractivity contribution in [1.82, 2.24) is 9.88 Å². The van der Waals surface area contributed by atoms with Gasteiger partial charge in [0.1, 0.15) is 23.2 Å². The Morgan fingerprint density at radius 1 is 1.35 bits per heavy atom. The van der Waals surface area contributed by atoms with Crippen LogP contribution in [0, 0.1) is 10.1 Å². The van der Waals surface area contributed by atoms with E-state index in [0.29, 0.717) is 18.9 Å². The molecule has 2 atom stereocenters. The van der Waals surface area contributed by atoms with Crippen molar-refractivity contribution >= 4 is 23.6 Å². The van der Waals surface area contributed by atoms with Crippen LogP contribution in [0.25, 0.3) is 0 Å². The molecule has 3 rings (SSSR count). The molecule has 10 nitrogen and oxygen atoms in total. The number of likely N-dealkylation sites (tertiary alicyclic amines) is 1. The first-order valence-electron chi connectivity index (χ1n) is 8.21. The highest BCUT2D eigenvalue weighted by Crippen LogP contribution is 2.35. The zero-order valence-corrected chi connectivity index (χ0v) is 14.7. The summed E-state index contributed by atoms with van der Waals surface area (Å²) < 4.78 is 5.41. The van der Waals surface area contributed by atoms with Gasteiger partial charge in [0.15, 0.2) is 0 Å². The molecule has 140 valence electrons. The minimum atomic E-state index is -1.37. The zero-order chi connectivity index (χ0) is 19.2. The molecule has 1 aromatic rings. The quantitative estimate of drug-likeness (QED) is 0.636. The second kappa shape index (κ2) is 6.11. The van der Waals surface area contributed by atoms with E-state index in [9.17, 15) is 24.8 Å². The largest absolute Gasteiger partial charge is 0.477 e. The number of aromatic nitrogens is 1. The fourth-order valence-corrected chi connectivity index (χ4v) is 3.40. The van der Waals surface area contributed by atoms with Crippen LogP contribution >= 0.6 is 0 Å². The molecule has 2 aliphatic rings. The molecular weight excluding hydrogens is 344 g/mol. The Hall–Kier alpha value is -2.91. The predicted octanol–water partition coefficient (Wildman–Crippen LogP) is 1.89. The number of rotatable bonds is 3. The Morgan fingerprint density at radius 3 is 2.54 bits per heavy atom. The average molecular weight is 364 g/mol. The van der Waals surface area contributed by atoms with Crippen molar-refractivity contribution in [2.75, 3.05) is 18.0 Å². The standard InChI is InChI=1S/C16H20N4O6/c1-16(2,3)26-15(23)19-8-9-4-10(19)7-18(9)13-5-11(14(21)22)12(6-17-13)20(24)25/h5-6,9-10H,4,7-8H2,1-3H3,(H,21,22)/t9-,10-/m0/s1. The first-order chi connectivity index (χ1) is 12.1. The van der Waals surface area contributed by atoms with Gasteiger partial charge in [0.25, 0.3) is 0 Å². The van der Waals surface area contributed by atoms with E-state index in [2.05, 4.69) is 4.98 Å². The molecule has 2 aliphatic heterocycles. The van der Waals surface area contributed by atoms with Crippen LogP contribution in [0.3, 0.4) is 0 Å². The summed E-state index contributed by atoms with van der Waals surface area (Å²) in [5.41, 5.74) is -1.51. The highest BCUT2D eigenvalue weighted by atomic mass is 16.6. The molecule has 0 aromatic carbocycles. The predicted molar refractivity (Wildman–Crippen MR) is 90.3 cm³/mol. The van der Waals surface area contributed by atoms with Gasteiger partial charge in [0.2, 0.25) is 0 Å². The van der Waals surface area contributed by atoms with E-state index in [0.717, 1.165) is 12.6 Å². The highest BCUT2D eigenvalue weighted by molar-refractivity contribution is 5.93. The summed E-state index contributed by atoms with van der Waals surface area (Å²) in [6.45, 7) is 6.34. The fraction of sp³-hybridized carbons (Fsp3) is 0.562. The van der Waals surface area contributed by atoms with Gasteiger partial charge in [0.05, 0.1) is 17.0 Å². The zero-order valence-electron chi connectivity index (χ0n) is 14.7. The van der Waals surface area contributed by atoms with Crippen molar-refractivity contribution in [3.63, 3.8) is 0 Å². The minimum absolute atomic E-state index is 0.0249. The van der Waals surface area contributed by atoms with E-state index in [4.69, 9.17) is 4.74 Å². The summed E-state index contributed by atoms with van der Waals surface area (Å²) in [7, 11) is 0. The van der Waals surface area contributed by atoms with Crippen molar-refractivity contribution in [3.8, 4) is 0 Å². The maximum absolute atomic E-state index is 12.3. The smallest absolute Gasteiger partial charge is 0.410 e. The van der Waals surface area contributed by atoms with Gasteiger partial charge in [-0.3, -0.25) is 10.1 Å². The number of ether oxygens (including phenoxy) is 1. The molecule has 2 bridgehead atoms. The lowest BCUT2D eigenvalue weighted by Crippen LogP contribution is -2.50. The number of piperazine rings is 1. The van der Waals surface area contributed by atoms with Gasteiger partial charge >= 0.3 is 17.7 Å². The number of pyridine rings is 1. The van der Waals surface area contributed by atoms with Crippen LogP contribution < -0.4 is 4.90 Å². The van der Waals surface area contributed by atoms with Crippen LogP contribution in [-0.2, 0) is 4.74 Å². The first-order valence-corrected chi connectivity index (χ1v) is 8.21. The molecule has 0 spiro atoms. The molecule has 10 heteroatoms. The number of hydrogen-bond donors (Lipinski definition) is 1. The third kappa shape index (κ3) is 3.26. The van der Waals surface area contributed by atoms with Crippen LogP contribution in [0.1, 0.15) is 37.6 Å². The topological polar surface area (TPSA) is 126 Å². The number of carbonyl (C=O) groups is 2. The maximum Gasteiger partial charge on any atom is 0.410 e. The van der Waals surface area contributed by atoms with Crippen LogP contribution in [0.15, 0.2) is 12.3 Å². The minimum Gasteiger partial charge on any atom is -0.477 e. The molecule has 1 N–H and O–H groups in total. The third-order valence-electron chi connectivity index (χ3n) is 4.46. The molecule has 0 saturated carbocycles. The second-order valence-corrected chi connectivity index (χ2v) is 7.45. The summed E-state index contributed by atoms with van der Waals surface area (Å²) in [5, 5.41) is 20.2. The fourth-order valence-electron chi connectivity index (χ4n) is 3.40. The van der Waals surface area contributed by atoms with Crippen LogP contribution in [0.2, 0.25) is 0 Å². The molecule has 0 radical (unpaired) electrons. The first kappa shape index (κ1) is 17.9. The third-order valence-corrected chi connectivity index (χ3v) is 4.46. The molecule has 26 heavy (non-hydrogen) atoms. The van der Waals surface area contributed by atoms with Crippen LogP contribution in [-0.4, -0.2) is 62.8 Å². The van der Waals surface area contributed by atoms with Crippen molar-refractivity contribution in [1.29, 1.82) is 0 Å². The lowest BCUT2D eigenvalue weighted by molar-refractivity contribution is -0.385. The molecule has 1 amide bonds. The number of carbonyl (C=O) groups excluding carboxylic acids is 1. The molecule has 2 fully saturated rings. The van der Waals surface area contributed by atoms with E-state index in [1.54, 1.807) is 25.7 Å². The van der Waals surface area contributed by atoms with Crippen molar-refractivity contribution in [2.45, 2.75) is 44.9 Å². The number of carboxylic acids is 1. The number of fused-ring (bicyclic) bond motifs is 2. The molecule has 1 aromatic heterocycles. The summed E-state index contributed by atoms with van der Waals surface area (Å²) in [4.78, 5) is 41.4. The SMILES string of the molecule is CC(C)(C)OC(=O)N1C[C@@H]2C[C@H]1CN2c1cc(C(=O)O)c([N+](=O)[O-])cn1. The summed E-state index contributed by atoms with van der Waals surface area (Å²) in [5.74, 6) is -1.01. The van der Waals surface area contributed by atoms with E-state index in [1.165, 1.54) is 6.07 Å². The summed E-state index contributed by atoms with van der Waals surface area (Å²) in [6, 6.07) is 1.14. The van der Waals surface area contributed by atoms with E-state index in [1.807, 2.05) is 4.90 Å². The Kier molecular flexibility index (Phi) is 4.21. The molecule has 2 saturated heterocycles. The summed E-state index contributed by atoms with van der Waals surface area (Å²) >= 11 is 0. The maximum atomic E-state index is 12.3. The summed E-state index contributed by atoms with van der Waals surface area (Å²) in [6.07, 6.45) is 1.32. The number of nitrogens with zero attached hydrogens (tertiary/aromatic N) is 4. The Balaban J connectivity index is 1.77. The molecule has 0 aliphatic carbocycles. The molecule has 0 unspecified atom stereocenters. The lowest BCUT2D eigenvalue weighted by atomic mass is 10.2.